The zero-order valence-corrected chi connectivity index (χ0v) is 21.3. The molecular weight excluding hydrogens is 496 g/mol. The number of urea groups is 1. The topological polar surface area (TPSA) is 97.1 Å². The Hall–Kier alpha value is -5.24. The predicted molar refractivity (Wildman–Crippen MR) is 146 cm³/mol. The normalized spacial score (nSPS) is 14.7. The van der Waals surface area contributed by atoms with Gasteiger partial charge >= 0.3 is 12.0 Å². The standard InChI is InChI=1S/C31H24N2O6/c1-3-38-30(36)22-13-11-21(12-14-22)27-18-17-25(39-27)19-26-28(34)32(23-7-5-4-6-8-23)31(37)33(29(26)35)24-15-9-20(2)10-16-24/h4-19H,3H2,1-2H3/b26-19+. The largest absolute Gasteiger partial charge is 0.462 e. The van der Waals surface area contributed by atoms with Gasteiger partial charge in [-0.1, -0.05) is 48.0 Å². The molecule has 8 nitrogen and oxygen atoms in total. The zero-order chi connectivity index (χ0) is 27.5. The van der Waals surface area contributed by atoms with Gasteiger partial charge in [-0.15, -0.1) is 0 Å². The Balaban J connectivity index is 1.51. The molecule has 1 saturated heterocycles. The number of barbiturate groups is 1. The van der Waals surface area contributed by atoms with E-state index in [1.165, 1.54) is 6.08 Å². The smallest absolute Gasteiger partial charge is 0.343 e. The van der Waals surface area contributed by atoms with E-state index in [1.807, 2.05) is 6.92 Å². The molecule has 39 heavy (non-hydrogen) atoms. The number of hydrogen-bond donors (Lipinski definition) is 0. The summed E-state index contributed by atoms with van der Waals surface area (Å²) in [5.41, 5.74) is 2.52. The fourth-order valence-electron chi connectivity index (χ4n) is 4.17. The molecule has 0 saturated carbocycles. The Morgan fingerprint density at radius 1 is 0.795 bits per heavy atom. The third-order valence-corrected chi connectivity index (χ3v) is 6.15. The van der Waals surface area contributed by atoms with E-state index in [0.717, 1.165) is 15.4 Å². The molecule has 1 fully saturated rings. The third kappa shape index (κ3) is 5.00. The van der Waals surface area contributed by atoms with Crippen LogP contribution in [-0.2, 0) is 14.3 Å². The molecule has 1 aliphatic rings. The number of rotatable bonds is 6. The predicted octanol–water partition coefficient (Wildman–Crippen LogP) is 6.02. The lowest BCUT2D eigenvalue weighted by Crippen LogP contribution is -2.57. The molecule has 4 aromatic rings. The van der Waals surface area contributed by atoms with Gasteiger partial charge in [0.1, 0.15) is 17.1 Å². The second kappa shape index (κ2) is 10.6. The number of carbonyl (C=O) groups is 4. The van der Waals surface area contributed by atoms with Gasteiger partial charge in [0.15, 0.2) is 0 Å². The molecular formula is C31H24N2O6. The number of hydrogen-bond acceptors (Lipinski definition) is 6. The molecule has 0 N–H and O–H groups in total. The molecule has 0 atom stereocenters. The van der Waals surface area contributed by atoms with Crippen LogP contribution >= 0.6 is 0 Å². The zero-order valence-electron chi connectivity index (χ0n) is 21.3. The summed E-state index contributed by atoms with van der Waals surface area (Å²) in [6.45, 7) is 3.92. The molecule has 8 heteroatoms. The van der Waals surface area contributed by atoms with E-state index in [1.54, 1.807) is 97.9 Å². The number of ether oxygens (including phenoxy) is 1. The first-order chi connectivity index (χ1) is 18.9. The first-order valence-electron chi connectivity index (χ1n) is 12.3. The number of aryl methyl sites for hydroxylation is 1. The molecule has 0 bridgehead atoms. The van der Waals surface area contributed by atoms with E-state index in [0.29, 0.717) is 28.3 Å². The summed E-state index contributed by atoms with van der Waals surface area (Å²) in [7, 11) is 0. The Labute approximate surface area is 224 Å². The number of para-hydroxylation sites is 1. The lowest BCUT2D eigenvalue weighted by molar-refractivity contribution is -0.121. The summed E-state index contributed by atoms with van der Waals surface area (Å²) in [4.78, 5) is 54.4. The van der Waals surface area contributed by atoms with Crippen LogP contribution in [0.5, 0.6) is 0 Å². The van der Waals surface area contributed by atoms with Gasteiger partial charge in [-0.25, -0.2) is 19.4 Å². The third-order valence-electron chi connectivity index (χ3n) is 6.15. The van der Waals surface area contributed by atoms with Crippen molar-refractivity contribution in [2.75, 3.05) is 16.4 Å². The van der Waals surface area contributed by atoms with Crippen LogP contribution in [0, 0.1) is 6.92 Å². The number of imide groups is 2. The van der Waals surface area contributed by atoms with Crippen LogP contribution in [0.3, 0.4) is 0 Å². The van der Waals surface area contributed by atoms with E-state index in [-0.39, 0.29) is 17.9 Å². The molecule has 0 spiro atoms. The highest BCUT2D eigenvalue weighted by atomic mass is 16.5. The first kappa shape index (κ1) is 25.4. The van der Waals surface area contributed by atoms with Crippen LogP contribution in [0.25, 0.3) is 17.4 Å². The molecule has 0 aliphatic carbocycles. The Bertz CT molecular complexity index is 1580. The second-order valence-corrected chi connectivity index (χ2v) is 8.79. The highest BCUT2D eigenvalue weighted by Crippen LogP contribution is 2.31. The number of carbonyl (C=O) groups excluding carboxylic acids is 4. The van der Waals surface area contributed by atoms with Crippen LogP contribution in [-0.4, -0.2) is 30.4 Å². The van der Waals surface area contributed by atoms with Crippen molar-refractivity contribution in [3.05, 3.63) is 113 Å². The lowest BCUT2D eigenvalue weighted by Gasteiger charge is -2.33. The van der Waals surface area contributed by atoms with Crippen LogP contribution in [0.2, 0.25) is 0 Å². The molecule has 5 rings (SSSR count). The van der Waals surface area contributed by atoms with Gasteiger partial charge in [0, 0.05) is 5.56 Å². The van der Waals surface area contributed by atoms with Gasteiger partial charge in [0.25, 0.3) is 11.8 Å². The number of benzene rings is 3. The van der Waals surface area contributed by atoms with E-state index in [9.17, 15) is 19.2 Å². The minimum absolute atomic E-state index is 0.224. The van der Waals surface area contributed by atoms with Gasteiger partial charge in [0.2, 0.25) is 0 Å². The summed E-state index contributed by atoms with van der Waals surface area (Å²) < 4.78 is 10.9. The van der Waals surface area contributed by atoms with Gasteiger partial charge < -0.3 is 9.15 Å². The Morgan fingerprint density at radius 2 is 1.41 bits per heavy atom. The van der Waals surface area contributed by atoms with Crippen molar-refractivity contribution in [1.29, 1.82) is 0 Å². The monoisotopic (exact) mass is 520 g/mol. The quantitative estimate of drug-likeness (QED) is 0.175. The molecule has 0 radical (unpaired) electrons. The van der Waals surface area contributed by atoms with E-state index in [4.69, 9.17) is 9.15 Å². The van der Waals surface area contributed by atoms with Crippen molar-refractivity contribution in [3.8, 4) is 11.3 Å². The maximum atomic E-state index is 13.5. The Morgan fingerprint density at radius 3 is 2.03 bits per heavy atom. The molecule has 1 aromatic heterocycles. The Kier molecular flexibility index (Phi) is 6.93. The van der Waals surface area contributed by atoms with Crippen molar-refractivity contribution in [3.63, 3.8) is 0 Å². The van der Waals surface area contributed by atoms with E-state index < -0.39 is 23.8 Å². The minimum Gasteiger partial charge on any atom is -0.462 e. The molecule has 3 aromatic carbocycles. The van der Waals surface area contributed by atoms with Gasteiger partial charge in [-0.05, 0) is 68.5 Å². The summed E-state index contributed by atoms with van der Waals surface area (Å²) in [6.07, 6.45) is 1.34. The van der Waals surface area contributed by atoms with Gasteiger partial charge in [0.05, 0.1) is 23.5 Å². The summed E-state index contributed by atoms with van der Waals surface area (Å²) in [5, 5.41) is 0. The number of amides is 4. The maximum Gasteiger partial charge on any atom is 0.343 e. The maximum absolute atomic E-state index is 13.5. The summed E-state index contributed by atoms with van der Waals surface area (Å²) in [6, 6.07) is 24.6. The fraction of sp³-hybridized carbons (Fsp3) is 0.0968. The number of furan rings is 1. The number of esters is 1. The SMILES string of the molecule is CCOC(=O)c1ccc(-c2ccc(/C=C3\C(=O)N(c4ccccc4)C(=O)N(c4ccc(C)cc4)C3=O)o2)cc1. The molecule has 0 unspecified atom stereocenters. The van der Waals surface area contributed by atoms with Crippen LogP contribution < -0.4 is 9.80 Å². The molecule has 2 heterocycles. The molecule has 1 aliphatic heterocycles. The molecule has 194 valence electrons. The van der Waals surface area contributed by atoms with Gasteiger partial charge in [-0.2, -0.15) is 0 Å². The van der Waals surface area contributed by atoms with E-state index >= 15 is 0 Å². The average Bonchev–Trinajstić information content (AvgIpc) is 3.42. The van der Waals surface area contributed by atoms with Crippen LogP contribution in [0.1, 0.15) is 28.6 Å². The highest BCUT2D eigenvalue weighted by molar-refractivity contribution is 6.46. The van der Waals surface area contributed by atoms with Crippen molar-refractivity contribution in [2.45, 2.75) is 13.8 Å². The fourth-order valence-corrected chi connectivity index (χ4v) is 4.17. The summed E-state index contributed by atoms with van der Waals surface area (Å²) in [5.74, 6) is -1.20. The van der Waals surface area contributed by atoms with E-state index in [2.05, 4.69) is 0 Å². The van der Waals surface area contributed by atoms with Crippen molar-refractivity contribution >= 4 is 41.3 Å². The molecule has 4 amide bonds. The van der Waals surface area contributed by atoms with Crippen LogP contribution in [0.15, 0.2) is 101 Å². The number of nitrogens with zero attached hydrogens (tertiary/aromatic N) is 2. The van der Waals surface area contributed by atoms with Crippen molar-refractivity contribution in [2.24, 2.45) is 0 Å². The second-order valence-electron chi connectivity index (χ2n) is 8.79. The lowest BCUT2D eigenvalue weighted by atomic mass is 10.1. The van der Waals surface area contributed by atoms with Gasteiger partial charge in [-0.3, -0.25) is 9.59 Å². The summed E-state index contributed by atoms with van der Waals surface area (Å²) >= 11 is 0. The van der Waals surface area contributed by atoms with Crippen LogP contribution in [0.4, 0.5) is 16.2 Å². The van der Waals surface area contributed by atoms with Crippen molar-refractivity contribution < 1.29 is 28.3 Å². The average molecular weight is 521 g/mol. The van der Waals surface area contributed by atoms with Crippen molar-refractivity contribution in [1.82, 2.24) is 0 Å². The highest BCUT2D eigenvalue weighted by Gasteiger charge is 2.43. The minimum atomic E-state index is -0.765. The first-order valence-corrected chi connectivity index (χ1v) is 12.3. The number of anilines is 2.